The number of carbonyl (C=O) groups is 1. The lowest BCUT2D eigenvalue weighted by Gasteiger charge is -2.25. The second-order valence-corrected chi connectivity index (χ2v) is 6.46. The summed E-state index contributed by atoms with van der Waals surface area (Å²) in [6.07, 6.45) is 1.56. The normalized spacial score (nSPS) is 16.0. The lowest BCUT2D eigenvalue weighted by Crippen LogP contribution is -2.42. The van der Waals surface area contributed by atoms with Crippen molar-refractivity contribution in [2.45, 2.75) is 0 Å². The number of rotatable bonds is 5. The summed E-state index contributed by atoms with van der Waals surface area (Å²) < 4.78 is 12.3. The van der Waals surface area contributed by atoms with Gasteiger partial charge in [0.15, 0.2) is 0 Å². The lowest BCUT2D eigenvalue weighted by atomic mass is 10.2. The predicted octanol–water partition coefficient (Wildman–Crippen LogP) is 2.00. The summed E-state index contributed by atoms with van der Waals surface area (Å²) in [6.45, 7) is 3.19. The van der Waals surface area contributed by atoms with Crippen LogP contribution in [0.3, 0.4) is 0 Å². The summed E-state index contributed by atoms with van der Waals surface area (Å²) in [4.78, 5) is 13.9. The maximum absolute atomic E-state index is 11.8. The van der Waals surface area contributed by atoms with Gasteiger partial charge in [-0.15, -0.1) is 0 Å². The van der Waals surface area contributed by atoms with Crippen LogP contribution in [-0.4, -0.2) is 57.0 Å². The number of benzene rings is 1. The van der Waals surface area contributed by atoms with E-state index >= 15 is 0 Å². The monoisotopic (exact) mass is 433 g/mol. The minimum Gasteiger partial charge on any atom is -0.495 e. The molecule has 1 amide bonds. The first-order valence-electron chi connectivity index (χ1n) is 6.75. The number of amides is 1. The molecule has 22 heavy (non-hydrogen) atoms. The van der Waals surface area contributed by atoms with Crippen molar-refractivity contribution in [3.63, 3.8) is 0 Å². The first-order valence-corrected chi connectivity index (χ1v) is 8.34. The number of methoxy groups -OCH3 is 1. The van der Waals surface area contributed by atoms with Crippen molar-refractivity contribution in [1.82, 2.24) is 10.3 Å². The van der Waals surface area contributed by atoms with Crippen molar-refractivity contribution in [1.29, 1.82) is 0 Å². The quantitative estimate of drug-likeness (QED) is 0.568. The lowest BCUT2D eigenvalue weighted by molar-refractivity contribution is -0.123. The summed E-state index contributed by atoms with van der Waals surface area (Å²) in [5.74, 6) is 0.514. The summed E-state index contributed by atoms with van der Waals surface area (Å²) in [6, 6.07) is 3.74. The Kier molecular flexibility index (Phi) is 6.81. The molecule has 0 spiro atoms. The second kappa shape index (κ2) is 8.61. The van der Waals surface area contributed by atoms with Gasteiger partial charge < -0.3 is 9.47 Å². The number of ether oxygens (including phenoxy) is 2. The zero-order valence-corrected chi connectivity index (χ0v) is 15.3. The average molecular weight is 435 g/mol. The molecule has 1 aliphatic heterocycles. The van der Waals surface area contributed by atoms with E-state index in [4.69, 9.17) is 9.47 Å². The van der Waals surface area contributed by atoms with Crippen LogP contribution < -0.4 is 10.2 Å². The second-order valence-electron chi connectivity index (χ2n) is 4.69. The first kappa shape index (κ1) is 17.4. The van der Waals surface area contributed by atoms with Gasteiger partial charge in [-0.25, -0.2) is 5.43 Å². The molecule has 1 heterocycles. The van der Waals surface area contributed by atoms with Crippen molar-refractivity contribution in [3.8, 4) is 5.75 Å². The van der Waals surface area contributed by atoms with E-state index in [0.29, 0.717) is 25.5 Å². The maximum Gasteiger partial charge on any atom is 0.254 e. The van der Waals surface area contributed by atoms with Gasteiger partial charge in [0.2, 0.25) is 0 Å². The minimum atomic E-state index is -0.147. The number of halogens is 2. The molecule has 1 fully saturated rings. The number of hydrogen-bond donors (Lipinski definition) is 1. The van der Waals surface area contributed by atoms with Crippen molar-refractivity contribution >= 4 is 44.0 Å². The fourth-order valence-corrected chi connectivity index (χ4v) is 3.48. The van der Waals surface area contributed by atoms with Crippen LogP contribution in [0.4, 0.5) is 0 Å². The van der Waals surface area contributed by atoms with Crippen LogP contribution in [0.25, 0.3) is 0 Å². The molecule has 2 rings (SSSR count). The molecule has 0 saturated carbocycles. The summed E-state index contributed by atoms with van der Waals surface area (Å²) in [5, 5.41) is 3.99. The van der Waals surface area contributed by atoms with Crippen LogP contribution in [0.5, 0.6) is 5.75 Å². The van der Waals surface area contributed by atoms with Crippen LogP contribution in [0.2, 0.25) is 0 Å². The molecule has 6 nitrogen and oxygen atoms in total. The molecule has 8 heteroatoms. The fraction of sp³-hybridized carbons (Fsp3) is 0.429. The summed E-state index contributed by atoms with van der Waals surface area (Å²) in [7, 11) is 1.59. The standard InChI is InChI=1S/C14H17Br2N3O3/c1-21-14-10(6-11(15)7-12(14)16)8-17-18-13(20)9-19-2-4-22-5-3-19/h6-8H,2-5,9H2,1H3,(H,18,20)/b17-8-. The van der Waals surface area contributed by atoms with Crippen LogP contribution in [0, 0.1) is 0 Å². The molecule has 1 aromatic rings. The van der Waals surface area contributed by atoms with Gasteiger partial charge in [0.25, 0.3) is 5.91 Å². The van der Waals surface area contributed by atoms with E-state index < -0.39 is 0 Å². The van der Waals surface area contributed by atoms with E-state index in [1.165, 1.54) is 0 Å². The zero-order valence-electron chi connectivity index (χ0n) is 12.1. The summed E-state index contributed by atoms with van der Waals surface area (Å²) in [5.41, 5.74) is 3.29. The van der Waals surface area contributed by atoms with Gasteiger partial charge in [-0.05, 0) is 28.1 Å². The zero-order chi connectivity index (χ0) is 15.9. The Balaban J connectivity index is 1.93. The molecule has 0 atom stereocenters. The number of carbonyl (C=O) groups excluding carboxylic acids is 1. The highest BCUT2D eigenvalue weighted by atomic mass is 79.9. The number of nitrogens with zero attached hydrogens (tertiary/aromatic N) is 2. The van der Waals surface area contributed by atoms with Gasteiger partial charge in [0.1, 0.15) is 5.75 Å². The molecule has 1 aliphatic rings. The topological polar surface area (TPSA) is 63.2 Å². The SMILES string of the molecule is COc1c(Br)cc(Br)cc1/C=N\NC(=O)CN1CCOCC1. The van der Waals surface area contributed by atoms with Gasteiger partial charge >= 0.3 is 0 Å². The third-order valence-electron chi connectivity index (χ3n) is 3.11. The molecule has 0 radical (unpaired) electrons. The number of morpholine rings is 1. The average Bonchev–Trinajstić information content (AvgIpc) is 2.48. The van der Waals surface area contributed by atoms with Gasteiger partial charge in [-0.1, -0.05) is 15.9 Å². The van der Waals surface area contributed by atoms with Crippen LogP contribution in [0.1, 0.15) is 5.56 Å². The van der Waals surface area contributed by atoms with Gasteiger partial charge in [-0.3, -0.25) is 9.69 Å². The molecule has 0 unspecified atom stereocenters. The third-order valence-corrected chi connectivity index (χ3v) is 4.15. The van der Waals surface area contributed by atoms with E-state index in [1.807, 2.05) is 17.0 Å². The number of hydrogen-bond acceptors (Lipinski definition) is 5. The number of nitrogens with one attached hydrogen (secondary N) is 1. The van der Waals surface area contributed by atoms with Crippen LogP contribution >= 0.6 is 31.9 Å². The van der Waals surface area contributed by atoms with Crippen LogP contribution in [-0.2, 0) is 9.53 Å². The molecule has 1 aromatic carbocycles. The molecule has 0 bridgehead atoms. The third kappa shape index (κ3) is 5.05. The van der Waals surface area contributed by atoms with Crippen molar-refractivity contribution in [2.75, 3.05) is 40.0 Å². The Morgan fingerprint density at radius 1 is 1.45 bits per heavy atom. The predicted molar refractivity (Wildman–Crippen MR) is 91.4 cm³/mol. The molecule has 120 valence electrons. The van der Waals surface area contributed by atoms with E-state index in [1.54, 1.807) is 13.3 Å². The molecule has 0 aliphatic carbocycles. The smallest absolute Gasteiger partial charge is 0.254 e. The first-order chi connectivity index (χ1) is 10.6. The van der Waals surface area contributed by atoms with Crippen molar-refractivity contribution in [3.05, 3.63) is 26.6 Å². The van der Waals surface area contributed by atoms with Gasteiger partial charge in [0.05, 0.1) is 37.6 Å². The molecule has 1 saturated heterocycles. The van der Waals surface area contributed by atoms with Crippen molar-refractivity contribution < 1.29 is 14.3 Å². The Morgan fingerprint density at radius 2 is 2.18 bits per heavy atom. The van der Waals surface area contributed by atoms with E-state index in [-0.39, 0.29) is 5.91 Å². The highest BCUT2D eigenvalue weighted by Gasteiger charge is 2.13. The Bertz CT molecular complexity index is 561. The molecular weight excluding hydrogens is 418 g/mol. The highest BCUT2D eigenvalue weighted by molar-refractivity contribution is 9.11. The Morgan fingerprint density at radius 3 is 2.86 bits per heavy atom. The summed E-state index contributed by atoms with van der Waals surface area (Å²) >= 11 is 6.83. The highest BCUT2D eigenvalue weighted by Crippen LogP contribution is 2.31. The van der Waals surface area contributed by atoms with Gasteiger partial charge in [0, 0.05) is 23.1 Å². The molecule has 1 N–H and O–H groups in total. The van der Waals surface area contributed by atoms with E-state index in [9.17, 15) is 4.79 Å². The number of hydrazone groups is 1. The molecule has 0 aromatic heterocycles. The fourth-order valence-electron chi connectivity index (χ4n) is 2.06. The van der Waals surface area contributed by atoms with Crippen molar-refractivity contribution in [2.24, 2.45) is 5.10 Å². The Hall–Kier alpha value is -0.960. The Labute approximate surface area is 146 Å². The van der Waals surface area contributed by atoms with E-state index in [2.05, 4.69) is 42.4 Å². The van der Waals surface area contributed by atoms with Crippen LogP contribution in [0.15, 0.2) is 26.2 Å². The van der Waals surface area contributed by atoms with E-state index in [0.717, 1.165) is 27.6 Å². The molecular formula is C14H17Br2N3O3. The maximum atomic E-state index is 11.8. The minimum absolute atomic E-state index is 0.147. The van der Waals surface area contributed by atoms with Gasteiger partial charge in [-0.2, -0.15) is 5.10 Å². The largest absolute Gasteiger partial charge is 0.495 e.